The van der Waals surface area contributed by atoms with Crippen molar-refractivity contribution in [1.29, 1.82) is 0 Å². The Bertz CT molecular complexity index is 108. The van der Waals surface area contributed by atoms with Gasteiger partial charge < -0.3 is 11.5 Å². The Labute approximate surface area is 53.2 Å². The lowest BCUT2D eigenvalue weighted by Crippen LogP contribution is -2.22. The Morgan fingerprint density at radius 3 is 1.56 bits per heavy atom. The van der Waals surface area contributed by atoms with E-state index in [2.05, 4.69) is 0 Å². The van der Waals surface area contributed by atoms with E-state index < -0.39 is 0 Å². The third kappa shape index (κ3) is 3.81. The van der Waals surface area contributed by atoms with Gasteiger partial charge in [-0.25, -0.2) is 0 Å². The van der Waals surface area contributed by atoms with Crippen LogP contribution >= 0.6 is 0 Å². The first-order valence-corrected chi connectivity index (χ1v) is 2.64. The molecule has 0 aliphatic carbocycles. The van der Waals surface area contributed by atoms with Crippen LogP contribution in [0.4, 0.5) is 0 Å². The van der Waals surface area contributed by atoms with Crippen molar-refractivity contribution in [1.82, 2.24) is 0 Å². The van der Waals surface area contributed by atoms with Gasteiger partial charge in [0.25, 0.3) is 0 Å². The van der Waals surface area contributed by atoms with Crippen LogP contribution in [0.3, 0.4) is 0 Å². The summed E-state index contributed by atoms with van der Waals surface area (Å²) in [7, 11) is 0. The Morgan fingerprint density at radius 1 is 1.00 bits per heavy atom. The third-order valence-electron chi connectivity index (χ3n) is 0.850. The van der Waals surface area contributed by atoms with Gasteiger partial charge in [0.05, 0.1) is 19.5 Å². The predicted molar refractivity (Wildman–Crippen MR) is 32.7 cm³/mol. The van der Waals surface area contributed by atoms with Crippen molar-refractivity contribution in [2.24, 2.45) is 11.5 Å². The maximum atomic E-state index is 10.4. The highest BCUT2D eigenvalue weighted by Gasteiger charge is 2.03. The highest BCUT2D eigenvalue weighted by molar-refractivity contribution is 6.00. The van der Waals surface area contributed by atoms with Gasteiger partial charge in [-0.3, -0.25) is 9.59 Å². The van der Waals surface area contributed by atoms with Crippen LogP contribution in [-0.2, 0) is 9.59 Å². The van der Waals surface area contributed by atoms with Crippen molar-refractivity contribution in [2.45, 2.75) is 6.42 Å². The van der Waals surface area contributed by atoms with E-state index in [-0.39, 0.29) is 31.1 Å². The highest BCUT2D eigenvalue weighted by Crippen LogP contribution is 1.80. The summed E-state index contributed by atoms with van der Waals surface area (Å²) in [6.45, 7) is -0.155. The lowest BCUT2D eigenvalue weighted by molar-refractivity contribution is -0.125. The second-order valence-corrected chi connectivity index (χ2v) is 1.66. The summed E-state index contributed by atoms with van der Waals surface area (Å²) in [5.41, 5.74) is 9.86. The fraction of sp³-hybridized carbons (Fsp3) is 0.600. The molecule has 0 radical (unpaired) electrons. The second-order valence-electron chi connectivity index (χ2n) is 1.66. The van der Waals surface area contributed by atoms with Gasteiger partial charge >= 0.3 is 0 Å². The molecule has 9 heavy (non-hydrogen) atoms. The van der Waals surface area contributed by atoms with Gasteiger partial charge in [0.1, 0.15) is 0 Å². The smallest absolute Gasteiger partial charge is 0.153 e. The highest BCUT2D eigenvalue weighted by atomic mass is 16.1. The van der Waals surface area contributed by atoms with Crippen molar-refractivity contribution in [3.63, 3.8) is 0 Å². The standard InChI is InChI=1S/C5H10N2O2/c6-2-4(8)1-5(9)3-7/h1-3,6-7H2. The molecule has 0 saturated carbocycles. The van der Waals surface area contributed by atoms with E-state index >= 15 is 0 Å². The largest absolute Gasteiger partial charge is 0.324 e. The van der Waals surface area contributed by atoms with Gasteiger partial charge in [0, 0.05) is 0 Å². The molecule has 4 heteroatoms. The van der Waals surface area contributed by atoms with Crippen molar-refractivity contribution in [3.8, 4) is 0 Å². The van der Waals surface area contributed by atoms with E-state index in [1.54, 1.807) is 0 Å². The first-order valence-electron chi connectivity index (χ1n) is 2.64. The molecule has 0 spiro atoms. The van der Waals surface area contributed by atoms with E-state index in [9.17, 15) is 9.59 Å². The number of nitrogens with two attached hydrogens (primary N) is 2. The van der Waals surface area contributed by atoms with Crippen LogP contribution in [0.15, 0.2) is 0 Å². The molecular formula is C5H10N2O2. The average Bonchev–Trinajstić information content (AvgIpc) is 1.87. The Balaban J connectivity index is 3.47. The zero-order valence-corrected chi connectivity index (χ0v) is 5.09. The molecule has 4 N–H and O–H groups in total. The Kier molecular flexibility index (Phi) is 3.83. The minimum Gasteiger partial charge on any atom is -0.324 e. The summed E-state index contributed by atoms with van der Waals surface area (Å²) < 4.78 is 0. The van der Waals surface area contributed by atoms with Crippen molar-refractivity contribution in [2.75, 3.05) is 13.1 Å². The number of hydrogen-bond donors (Lipinski definition) is 2. The quantitative estimate of drug-likeness (QED) is 0.450. The van der Waals surface area contributed by atoms with Crippen LogP contribution in [0.2, 0.25) is 0 Å². The normalized spacial score (nSPS) is 9.11. The van der Waals surface area contributed by atoms with Gasteiger partial charge in [0.15, 0.2) is 11.6 Å². The lowest BCUT2D eigenvalue weighted by Gasteiger charge is -1.91. The minimum absolute atomic E-state index is 0.0776. The Morgan fingerprint density at radius 2 is 1.33 bits per heavy atom. The van der Waals surface area contributed by atoms with E-state index in [0.29, 0.717) is 0 Å². The molecule has 52 valence electrons. The van der Waals surface area contributed by atoms with Crippen molar-refractivity contribution < 1.29 is 9.59 Å². The first-order chi connectivity index (χ1) is 4.20. The fourth-order valence-electron chi connectivity index (χ4n) is 0.364. The SMILES string of the molecule is NCC(=O)CC(=O)CN. The monoisotopic (exact) mass is 130 g/mol. The molecule has 0 amide bonds. The molecule has 4 nitrogen and oxygen atoms in total. The molecule has 0 unspecified atom stereocenters. The summed E-state index contributed by atoms with van der Waals surface area (Å²) in [4.78, 5) is 20.8. The van der Waals surface area contributed by atoms with E-state index in [1.165, 1.54) is 0 Å². The van der Waals surface area contributed by atoms with Crippen LogP contribution in [0, 0.1) is 0 Å². The summed E-state index contributed by atoms with van der Waals surface area (Å²) in [5.74, 6) is -0.518. The van der Waals surface area contributed by atoms with Gasteiger partial charge in [-0.15, -0.1) is 0 Å². The molecule has 0 aromatic carbocycles. The molecule has 0 aliphatic rings. The molecule has 0 atom stereocenters. The van der Waals surface area contributed by atoms with E-state index in [1.807, 2.05) is 0 Å². The van der Waals surface area contributed by atoms with Crippen LogP contribution in [0.5, 0.6) is 0 Å². The minimum atomic E-state index is -0.259. The average molecular weight is 130 g/mol. The maximum absolute atomic E-state index is 10.4. The predicted octanol–water partition coefficient (Wildman–Crippen LogP) is -1.57. The molecule has 0 bridgehead atoms. The summed E-state index contributed by atoms with van der Waals surface area (Å²) in [5, 5.41) is 0. The zero-order valence-electron chi connectivity index (χ0n) is 5.09. The fourth-order valence-corrected chi connectivity index (χ4v) is 0.364. The molecule has 0 saturated heterocycles. The van der Waals surface area contributed by atoms with Crippen LogP contribution < -0.4 is 11.5 Å². The maximum Gasteiger partial charge on any atom is 0.153 e. The van der Waals surface area contributed by atoms with Crippen LogP contribution in [-0.4, -0.2) is 24.7 Å². The second kappa shape index (κ2) is 4.17. The zero-order chi connectivity index (χ0) is 7.28. The molecule has 0 rings (SSSR count). The number of hydrogen-bond acceptors (Lipinski definition) is 4. The third-order valence-corrected chi connectivity index (χ3v) is 0.850. The molecule has 0 heterocycles. The number of rotatable bonds is 4. The number of carbonyl (C=O) groups excluding carboxylic acids is 2. The van der Waals surface area contributed by atoms with Crippen LogP contribution in [0.25, 0.3) is 0 Å². The van der Waals surface area contributed by atoms with Crippen molar-refractivity contribution in [3.05, 3.63) is 0 Å². The summed E-state index contributed by atoms with van der Waals surface area (Å²) >= 11 is 0. The molecule has 0 fully saturated rings. The van der Waals surface area contributed by atoms with E-state index in [4.69, 9.17) is 11.5 Å². The summed E-state index contributed by atoms with van der Waals surface area (Å²) in [6.07, 6.45) is -0.118. The lowest BCUT2D eigenvalue weighted by atomic mass is 10.2. The molecular weight excluding hydrogens is 120 g/mol. The molecule has 0 aromatic rings. The van der Waals surface area contributed by atoms with E-state index in [0.717, 1.165) is 0 Å². The van der Waals surface area contributed by atoms with Crippen LogP contribution in [0.1, 0.15) is 6.42 Å². The number of Topliss-reactive ketones (excluding diaryl/α,β-unsaturated/α-hetero) is 2. The van der Waals surface area contributed by atoms with Gasteiger partial charge in [0.2, 0.25) is 0 Å². The number of ketones is 2. The topological polar surface area (TPSA) is 86.2 Å². The molecule has 0 aromatic heterocycles. The van der Waals surface area contributed by atoms with Gasteiger partial charge in [-0.2, -0.15) is 0 Å². The Hall–Kier alpha value is -0.740. The van der Waals surface area contributed by atoms with Crippen molar-refractivity contribution >= 4 is 11.6 Å². The number of carbonyl (C=O) groups is 2. The van der Waals surface area contributed by atoms with Gasteiger partial charge in [-0.05, 0) is 0 Å². The summed E-state index contributed by atoms with van der Waals surface area (Å²) in [6, 6.07) is 0. The molecule has 0 aliphatic heterocycles. The van der Waals surface area contributed by atoms with Gasteiger partial charge in [-0.1, -0.05) is 0 Å². The first kappa shape index (κ1) is 8.26.